The Balaban J connectivity index is 1.61. The summed E-state index contributed by atoms with van der Waals surface area (Å²) in [7, 11) is 1.55. The minimum atomic E-state index is -0.479. The number of furan rings is 1. The van der Waals surface area contributed by atoms with Gasteiger partial charge in [-0.1, -0.05) is 18.5 Å². The van der Waals surface area contributed by atoms with Crippen molar-refractivity contribution in [2.45, 2.75) is 19.8 Å². The number of amidine groups is 2. The molecule has 2 aliphatic rings. The lowest BCUT2D eigenvalue weighted by Gasteiger charge is -2.19. The first kappa shape index (κ1) is 19.5. The van der Waals surface area contributed by atoms with E-state index >= 15 is 0 Å². The monoisotopic (exact) mass is 428 g/mol. The fourth-order valence-corrected chi connectivity index (χ4v) is 4.14. The van der Waals surface area contributed by atoms with Crippen molar-refractivity contribution in [3.05, 3.63) is 46.7 Å². The predicted octanol–water partition coefficient (Wildman–Crippen LogP) is 5.03. The highest BCUT2D eigenvalue weighted by molar-refractivity contribution is 8.26. The molecule has 4 rings (SSSR count). The quantitative estimate of drug-likeness (QED) is 0.674. The number of aliphatic imine (C=N–C) groups is 1. The van der Waals surface area contributed by atoms with Gasteiger partial charge in [-0.2, -0.15) is 15.1 Å². The van der Waals surface area contributed by atoms with Gasteiger partial charge in [0.25, 0.3) is 5.91 Å². The Morgan fingerprint density at radius 2 is 2.17 bits per heavy atom. The van der Waals surface area contributed by atoms with E-state index in [4.69, 9.17) is 26.2 Å². The van der Waals surface area contributed by atoms with Gasteiger partial charge in [0.15, 0.2) is 5.84 Å². The summed E-state index contributed by atoms with van der Waals surface area (Å²) in [5.41, 5.74) is 0.903. The van der Waals surface area contributed by atoms with E-state index in [9.17, 15) is 4.79 Å². The van der Waals surface area contributed by atoms with E-state index in [2.05, 4.69) is 17.0 Å². The molecule has 0 bridgehead atoms. The van der Waals surface area contributed by atoms with Crippen LogP contribution in [0.4, 0.5) is 0 Å². The number of nitrogens with zero attached hydrogens (tertiary/aromatic N) is 3. The smallest absolute Gasteiger partial charge is 0.283 e. The third-order valence-corrected chi connectivity index (χ3v) is 5.57. The van der Waals surface area contributed by atoms with Crippen LogP contribution in [0.1, 0.15) is 25.5 Å². The first-order valence-corrected chi connectivity index (χ1v) is 10.1. The van der Waals surface area contributed by atoms with Crippen LogP contribution in [0.5, 0.6) is 5.75 Å². The molecule has 1 N–H and O–H groups in total. The van der Waals surface area contributed by atoms with Gasteiger partial charge in [-0.05, 0) is 61.0 Å². The molecule has 0 fully saturated rings. The van der Waals surface area contributed by atoms with Gasteiger partial charge in [0.1, 0.15) is 22.3 Å². The van der Waals surface area contributed by atoms with Crippen LogP contribution in [0.3, 0.4) is 0 Å². The second-order valence-electron chi connectivity index (χ2n) is 6.32. The Hall–Kier alpha value is -2.84. The molecule has 0 aliphatic carbocycles. The molecule has 29 heavy (non-hydrogen) atoms. The SMILES string of the molecule is CCCC1=NN2C(=N)/C(=C/c3ccc(-c4ccc(OC)c(Cl)c4)o3)C(=O)N=C2S1. The zero-order valence-electron chi connectivity index (χ0n) is 15.7. The Bertz CT molecular complexity index is 1100. The van der Waals surface area contributed by atoms with E-state index < -0.39 is 5.91 Å². The van der Waals surface area contributed by atoms with E-state index in [1.165, 1.54) is 22.8 Å². The van der Waals surface area contributed by atoms with Crippen molar-refractivity contribution in [2.24, 2.45) is 10.1 Å². The lowest BCUT2D eigenvalue weighted by molar-refractivity contribution is -0.114. The second-order valence-corrected chi connectivity index (χ2v) is 7.76. The summed E-state index contributed by atoms with van der Waals surface area (Å²) in [5, 5.41) is 15.9. The normalized spacial score (nSPS) is 17.5. The van der Waals surface area contributed by atoms with Crippen molar-refractivity contribution in [3.8, 4) is 17.1 Å². The maximum absolute atomic E-state index is 12.4. The van der Waals surface area contributed by atoms with Crippen molar-refractivity contribution >= 4 is 51.4 Å². The maximum atomic E-state index is 12.4. The van der Waals surface area contributed by atoms with Gasteiger partial charge < -0.3 is 9.15 Å². The molecule has 0 radical (unpaired) electrons. The number of carbonyl (C=O) groups excluding carboxylic acids is 1. The highest BCUT2D eigenvalue weighted by atomic mass is 35.5. The predicted molar refractivity (Wildman–Crippen MR) is 116 cm³/mol. The molecule has 2 aromatic rings. The average molecular weight is 429 g/mol. The summed E-state index contributed by atoms with van der Waals surface area (Å²) in [6.07, 6.45) is 3.23. The number of amides is 1. The van der Waals surface area contributed by atoms with Crippen LogP contribution in [-0.4, -0.2) is 34.1 Å². The van der Waals surface area contributed by atoms with E-state index in [0.29, 0.717) is 27.5 Å². The Labute approximate surface area is 176 Å². The highest BCUT2D eigenvalue weighted by Gasteiger charge is 2.35. The molecule has 0 unspecified atom stereocenters. The average Bonchev–Trinajstić information content (AvgIpc) is 3.32. The Kier molecular flexibility index (Phi) is 5.29. The summed E-state index contributed by atoms with van der Waals surface area (Å²) in [4.78, 5) is 16.5. The van der Waals surface area contributed by atoms with Crippen molar-refractivity contribution in [1.82, 2.24) is 5.01 Å². The number of methoxy groups -OCH3 is 1. The number of hydrogen-bond acceptors (Lipinski definition) is 6. The second kappa shape index (κ2) is 7.88. The van der Waals surface area contributed by atoms with E-state index in [1.54, 1.807) is 31.4 Å². The zero-order chi connectivity index (χ0) is 20.5. The summed E-state index contributed by atoms with van der Waals surface area (Å²) >= 11 is 7.51. The first-order chi connectivity index (χ1) is 14.0. The van der Waals surface area contributed by atoms with Crippen molar-refractivity contribution in [1.29, 1.82) is 5.41 Å². The number of halogens is 1. The van der Waals surface area contributed by atoms with Crippen molar-refractivity contribution in [2.75, 3.05) is 7.11 Å². The van der Waals surface area contributed by atoms with E-state index in [0.717, 1.165) is 23.4 Å². The molecule has 1 amide bonds. The molecule has 1 aromatic carbocycles. The van der Waals surface area contributed by atoms with E-state index in [1.807, 2.05) is 6.07 Å². The summed E-state index contributed by atoms with van der Waals surface area (Å²) < 4.78 is 11.0. The maximum Gasteiger partial charge on any atom is 0.283 e. The van der Waals surface area contributed by atoms with Gasteiger partial charge in [0, 0.05) is 5.56 Å². The zero-order valence-corrected chi connectivity index (χ0v) is 17.3. The largest absolute Gasteiger partial charge is 0.495 e. The number of carbonyl (C=O) groups is 1. The van der Waals surface area contributed by atoms with Gasteiger partial charge in [0.2, 0.25) is 5.17 Å². The van der Waals surface area contributed by atoms with E-state index in [-0.39, 0.29) is 11.4 Å². The molecule has 1 aromatic heterocycles. The summed E-state index contributed by atoms with van der Waals surface area (Å²) in [5.74, 6) is 1.10. The van der Waals surface area contributed by atoms with Crippen LogP contribution >= 0.6 is 23.4 Å². The van der Waals surface area contributed by atoms with Crippen LogP contribution < -0.4 is 4.74 Å². The molecular formula is C20H17ClN4O3S. The van der Waals surface area contributed by atoms with Crippen LogP contribution in [-0.2, 0) is 4.79 Å². The number of hydrogen-bond donors (Lipinski definition) is 1. The van der Waals surface area contributed by atoms with Crippen LogP contribution in [0.2, 0.25) is 5.02 Å². The Morgan fingerprint density at radius 1 is 1.34 bits per heavy atom. The molecule has 0 saturated carbocycles. The molecule has 148 valence electrons. The molecule has 7 nitrogen and oxygen atoms in total. The molecule has 0 atom stereocenters. The standard InChI is InChI=1S/C20H17ClN4O3S/c1-3-4-17-24-25-18(22)13(19(26)23-20(25)29-17)10-12-6-8-15(28-12)11-5-7-16(27-2)14(21)9-11/h5-10,22H,3-4H2,1-2H3/b13-10-,22-18?. The summed E-state index contributed by atoms with van der Waals surface area (Å²) in [6.45, 7) is 2.05. The molecule has 0 saturated heterocycles. The Morgan fingerprint density at radius 3 is 2.90 bits per heavy atom. The van der Waals surface area contributed by atoms with Gasteiger partial charge in [-0.3, -0.25) is 10.2 Å². The lowest BCUT2D eigenvalue weighted by atomic mass is 10.1. The van der Waals surface area contributed by atoms with Crippen molar-refractivity contribution in [3.63, 3.8) is 0 Å². The van der Waals surface area contributed by atoms with Crippen LogP contribution in [0.15, 0.2) is 50.4 Å². The molecule has 3 heterocycles. The number of benzene rings is 1. The minimum absolute atomic E-state index is 0.0101. The highest BCUT2D eigenvalue weighted by Crippen LogP contribution is 2.33. The number of nitrogens with one attached hydrogen (secondary N) is 1. The molecule has 2 aliphatic heterocycles. The van der Waals surface area contributed by atoms with Gasteiger partial charge in [-0.15, -0.1) is 0 Å². The third kappa shape index (κ3) is 3.73. The summed E-state index contributed by atoms with van der Waals surface area (Å²) in [6, 6.07) is 8.83. The molecule has 9 heteroatoms. The molecular weight excluding hydrogens is 412 g/mol. The molecule has 0 spiro atoms. The number of fused-ring (bicyclic) bond motifs is 1. The minimum Gasteiger partial charge on any atom is -0.495 e. The number of hydrazone groups is 1. The third-order valence-electron chi connectivity index (χ3n) is 4.31. The first-order valence-electron chi connectivity index (χ1n) is 8.93. The number of ether oxygens (including phenoxy) is 1. The van der Waals surface area contributed by atoms with Crippen LogP contribution in [0.25, 0.3) is 17.4 Å². The van der Waals surface area contributed by atoms with Gasteiger partial charge in [0.05, 0.1) is 17.7 Å². The van der Waals surface area contributed by atoms with Crippen molar-refractivity contribution < 1.29 is 13.9 Å². The van der Waals surface area contributed by atoms with Crippen LogP contribution in [0, 0.1) is 5.41 Å². The fraction of sp³-hybridized carbons (Fsp3) is 0.200. The van der Waals surface area contributed by atoms with Gasteiger partial charge >= 0.3 is 0 Å². The lowest BCUT2D eigenvalue weighted by Crippen LogP contribution is -2.35. The topological polar surface area (TPSA) is 91.3 Å². The van der Waals surface area contributed by atoms with Gasteiger partial charge in [-0.25, -0.2) is 0 Å². The number of thioether (sulfide) groups is 1. The fourth-order valence-electron chi connectivity index (χ4n) is 2.89. The number of rotatable bonds is 5.